The van der Waals surface area contributed by atoms with E-state index in [1.54, 1.807) is 17.0 Å². The topological polar surface area (TPSA) is 171 Å². The minimum Gasteiger partial charge on any atom is -0.381 e. The number of aliphatic hydroxyl groups is 1. The minimum atomic E-state index is -1.48. The summed E-state index contributed by atoms with van der Waals surface area (Å²) >= 11 is 0. The average Bonchev–Trinajstić information content (AvgIpc) is 2.87. The third-order valence-corrected chi connectivity index (χ3v) is 6.30. The van der Waals surface area contributed by atoms with Crippen LogP contribution in [0.4, 0.5) is 0 Å². The maximum absolute atomic E-state index is 13.1. The number of hydrogen-bond donors (Lipinski definition) is 2. The van der Waals surface area contributed by atoms with Crippen molar-refractivity contribution < 1.29 is 9.90 Å². The van der Waals surface area contributed by atoms with Gasteiger partial charge >= 0.3 is 5.69 Å². The van der Waals surface area contributed by atoms with Crippen molar-refractivity contribution in [2.45, 2.75) is 38.3 Å². The molecule has 12 heteroatoms. The summed E-state index contributed by atoms with van der Waals surface area (Å²) in [5.41, 5.74) is -0.341. The molecule has 0 aromatic carbocycles. The van der Waals surface area contributed by atoms with E-state index >= 15 is 0 Å². The first-order valence-electron chi connectivity index (χ1n) is 11.4. The number of aromatic nitrogens is 6. The van der Waals surface area contributed by atoms with E-state index in [0.717, 1.165) is 0 Å². The van der Waals surface area contributed by atoms with Crippen molar-refractivity contribution in [1.82, 2.24) is 34.4 Å². The lowest BCUT2D eigenvalue weighted by molar-refractivity contribution is -0.149. The van der Waals surface area contributed by atoms with Crippen molar-refractivity contribution in [2.75, 3.05) is 13.1 Å². The van der Waals surface area contributed by atoms with Crippen molar-refractivity contribution in [3.63, 3.8) is 0 Å². The first-order chi connectivity index (χ1) is 17.2. The number of likely N-dealkylation sites (tertiary alicyclic amines) is 1. The number of hydrogen-bond acceptors (Lipinski definition) is 9. The second-order valence-corrected chi connectivity index (χ2v) is 9.20. The van der Waals surface area contributed by atoms with Crippen LogP contribution in [0.25, 0.3) is 33.2 Å². The second kappa shape index (κ2) is 8.62. The number of carbonyl (C=O) groups excluding carboxylic acids is 1. The number of pyridine rings is 2. The van der Waals surface area contributed by atoms with E-state index < -0.39 is 16.9 Å². The Morgan fingerprint density at radius 3 is 2.47 bits per heavy atom. The first-order valence-corrected chi connectivity index (χ1v) is 11.4. The van der Waals surface area contributed by atoms with Gasteiger partial charge in [0.25, 0.3) is 11.5 Å². The molecule has 1 fully saturated rings. The monoisotopic (exact) mass is 486 g/mol. The number of nitrogens with zero attached hydrogens (tertiary/aromatic N) is 7. The second-order valence-electron chi connectivity index (χ2n) is 9.20. The summed E-state index contributed by atoms with van der Waals surface area (Å²) in [6.45, 7) is 3.60. The molecule has 2 N–H and O–H groups in total. The van der Waals surface area contributed by atoms with Gasteiger partial charge in [-0.05, 0) is 38.8 Å². The molecule has 1 saturated heterocycles. The Bertz CT molecular complexity index is 1650. The van der Waals surface area contributed by atoms with Crippen molar-refractivity contribution >= 4 is 27.8 Å². The average molecular weight is 486 g/mol. The van der Waals surface area contributed by atoms with Crippen LogP contribution in [0.15, 0.2) is 40.3 Å². The third kappa shape index (κ3) is 3.99. The van der Waals surface area contributed by atoms with E-state index in [1.165, 1.54) is 37.0 Å². The number of nitriles is 1. The van der Waals surface area contributed by atoms with Gasteiger partial charge in [-0.3, -0.25) is 24.1 Å². The zero-order chi connectivity index (χ0) is 25.6. The molecule has 5 heterocycles. The highest BCUT2D eigenvalue weighted by atomic mass is 16.3. The number of carbonyl (C=O) groups is 1. The molecule has 4 aromatic heterocycles. The van der Waals surface area contributed by atoms with Crippen molar-refractivity contribution in [3.05, 3.63) is 57.4 Å². The first kappa shape index (κ1) is 23.3. The van der Waals surface area contributed by atoms with E-state index in [-0.39, 0.29) is 23.2 Å². The number of amides is 1. The molecule has 1 aliphatic rings. The normalized spacial score (nSPS) is 14.8. The van der Waals surface area contributed by atoms with Crippen LogP contribution < -0.4 is 11.2 Å². The van der Waals surface area contributed by atoms with Gasteiger partial charge in [-0.1, -0.05) is 0 Å². The molecular weight excluding hydrogens is 464 g/mol. The van der Waals surface area contributed by atoms with E-state index in [2.05, 4.69) is 19.9 Å². The van der Waals surface area contributed by atoms with E-state index in [4.69, 9.17) is 10.2 Å². The van der Waals surface area contributed by atoms with Crippen LogP contribution in [0.1, 0.15) is 38.6 Å². The Hall–Kier alpha value is -4.50. The maximum Gasteiger partial charge on any atom is 0.329 e. The number of rotatable bonds is 3. The van der Waals surface area contributed by atoms with Gasteiger partial charge in [0.1, 0.15) is 17.2 Å². The fraction of sp³-hybridized carbons (Fsp3) is 0.333. The van der Waals surface area contributed by atoms with Gasteiger partial charge in [-0.25, -0.2) is 19.7 Å². The number of H-pyrrole nitrogens is 1. The molecule has 1 amide bonds. The standard InChI is InChI=1S/C24H22N8O4/c1-24(2,36)22(34)31-7-5-14(6-8-31)32-20-15(21(33)30-23(32)35)12-26-17-4-3-16(29-19(17)20)13-10-27-18(9-25)28-11-13/h3-4,10-12,14,36H,5-8H2,1-2H3,(H,30,33,35). The molecule has 0 bridgehead atoms. The number of piperidine rings is 1. The van der Waals surface area contributed by atoms with Crippen molar-refractivity contribution in [2.24, 2.45) is 0 Å². The van der Waals surface area contributed by atoms with E-state index in [1.807, 2.05) is 6.07 Å². The quantitative estimate of drug-likeness (QED) is 0.399. The maximum atomic E-state index is 13.1. The number of nitrogens with one attached hydrogen (secondary N) is 1. The lowest BCUT2D eigenvalue weighted by Crippen LogP contribution is -2.49. The molecule has 0 atom stereocenters. The number of fused-ring (bicyclic) bond motifs is 3. The smallest absolute Gasteiger partial charge is 0.329 e. The van der Waals surface area contributed by atoms with Gasteiger partial charge in [0, 0.05) is 43.3 Å². The lowest BCUT2D eigenvalue weighted by Gasteiger charge is -2.36. The van der Waals surface area contributed by atoms with Gasteiger partial charge in [0.2, 0.25) is 5.82 Å². The summed E-state index contributed by atoms with van der Waals surface area (Å²) in [6, 6.07) is 5.01. The Morgan fingerprint density at radius 2 is 1.83 bits per heavy atom. The van der Waals surface area contributed by atoms with Crippen LogP contribution in [0, 0.1) is 11.3 Å². The third-order valence-electron chi connectivity index (χ3n) is 6.30. The molecular formula is C24H22N8O4. The Kier molecular flexibility index (Phi) is 5.57. The molecule has 4 aromatic rings. The summed E-state index contributed by atoms with van der Waals surface area (Å²) in [6.07, 6.45) is 5.29. The van der Waals surface area contributed by atoms with Crippen LogP contribution in [0.3, 0.4) is 0 Å². The van der Waals surface area contributed by atoms with Crippen LogP contribution in [0.2, 0.25) is 0 Å². The SMILES string of the molecule is CC(C)(O)C(=O)N1CCC(n2c(=O)[nH]c(=O)c3cnc4ccc(-c5cnc(C#N)nc5)nc4c32)CC1. The summed E-state index contributed by atoms with van der Waals surface area (Å²) in [7, 11) is 0. The lowest BCUT2D eigenvalue weighted by atomic mass is 10.0. The summed E-state index contributed by atoms with van der Waals surface area (Å²) < 4.78 is 1.53. The fourth-order valence-electron chi connectivity index (χ4n) is 4.53. The molecule has 0 aliphatic carbocycles. The van der Waals surface area contributed by atoms with Crippen LogP contribution >= 0.6 is 0 Å². The van der Waals surface area contributed by atoms with Gasteiger partial charge in [0.15, 0.2) is 0 Å². The molecule has 0 radical (unpaired) electrons. The molecule has 1 aliphatic heterocycles. The molecule has 0 unspecified atom stereocenters. The highest BCUT2D eigenvalue weighted by Crippen LogP contribution is 2.29. The van der Waals surface area contributed by atoms with Crippen molar-refractivity contribution in [3.8, 4) is 17.3 Å². The summed E-state index contributed by atoms with van der Waals surface area (Å²) in [4.78, 5) is 59.2. The molecule has 0 saturated carbocycles. The van der Waals surface area contributed by atoms with E-state index in [0.29, 0.717) is 53.7 Å². The van der Waals surface area contributed by atoms with Crippen LogP contribution in [-0.4, -0.2) is 64.1 Å². The van der Waals surface area contributed by atoms with Gasteiger partial charge in [0.05, 0.1) is 22.1 Å². The summed E-state index contributed by atoms with van der Waals surface area (Å²) in [5.74, 6) is -0.341. The zero-order valence-corrected chi connectivity index (χ0v) is 19.6. The highest BCUT2D eigenvalue weighted by molar-refractivity contribution is 6.01. The van der Waals surface area contributed by atoms with Gasteiger partial charge in [-0.15, -0.1) is 0 Å². The largest absolute Gasteiger partial charge is 0.381 e. The number of aromatic amines is 1. The molecule has 36 heavy (non-hydrogen) atoms. The van der Waals surface area contributed by atoms with Crippen LogP contribution in [-0.2, 0) is 4.79 Å². The summed E-state index contributed by atoms with van der Waals surface area (Å²) in [5, 5.41) is 19.3. The minimum absolute atomic E-state index is 0.0291. The predicted molar refractivity (Wildman–Crippen MR) is 129 cm³/mol. The Morgan fingerprint density at radius 1 is 1.14 bits per heavy atom. The van der Waals surface area contributed by atoms with Gasteiger partial charge in [-0.2, -0.15) is 5.26 Å². The Balaban J connectivity index is 1.64. The molecule has 0 spiro atoms. The Labute approximate surface area is 203 Å². The van der Waals surface area contributed by atoms with E-state index in [9.17, 15) is 19.5 Å². The highest BCUT2D eigenvalue weighted by Gasteiger charge is 2.33. The molecule has 182 valence electrons. The molecule has 5 rings (SSSR count). The van der Waals surface area contributed by atoms with Crippen molar-refractivity contribution in [1.29, 1.82) is 5.26 Å². The fourth-order valence-corrected chi connectivity index (χ4v) is 4.53. The predicted octanol–water partition coefficient (Wildman–Crippen LogP) is 0.896. The van der Waals surface area contributed by atoms with Gasteiger partial charge < -0.3 is 10.0 Å². The molecule has 12 nitrogen and oxygen atoms in total. The zero-order valence-electron chi connectivity index (χ0n) is 19.6. The van der Waals surface area contributed by atoms with Crippen LogP contribution in [0.5, 0.6) is 0 Å².